The fourth-order valence-corrected chi connectivity index (χ4v) is 2.97. The first-order chi connectivity index (χ1) is 7.80. The van der Waals surface area contributed by atoms with Gasteiger partial charge in [0.15, 0.2) is 0 Å². The summed E-state index contributed by atoms with van der Waals surface area (Å²) in [5, 5.41) is 0. The van der Waals surface area contributed by atoms with E-state index >= 15 is 0 Å². The van der Waals surface area contributed by atoms with E-state index in [0.29, 0.717) is 6.10 Å². The molecular weight excluding hydrogens is 219 g/mol. The molecule has 1 aliphatic rings. The Morgan fingerprint density at radius 1 is 1.19 bits per heavy atom. The Balaban J connectivity index is 2.12. The molecule has 1 rings (SSSR count). The third-order valence-corrected chi connectivity index (χ3v) is 4.25. The van der Waals surface area contributed by atoms with Gasteiger partial charge < -0.3 is 9.42 Å². The van der Waals surface area contributed by atoms with Crippen molar-refractivity contribution < 1.29 is 4.52 Å². The molecule has 0 aliphatic heterocycles. The fourth-order valence-electron chi connectivity index (χ4n) is 2.54. The van der Waals surface area contributed by atoms with Crippen LogP contribution in [-0.4, -0.2) is 30.6 Å². The summed E-state index contributed by atoms with van der Waals surface area (Å²) < 4.78 is 5.49. The van der Waals surface area contributed by atoms with E-state index in [1.165, 1.54) is 51.7 Å². The first-order valence-corrected chi connectivity index (χ1v) is 7.62. The summed E-state index contributed by atoms with van der Waals surface area (Å²) in [6.45, 7) is 8.13. The highest BCUT2D eigenvalue weighted by atomic mass is 31.1. The van der Waals surface area contributed by atoms with Gasteiger partial charge in [-0.1, -0.05) is 13.8 Å². The van der Waals surface area contributed by atoms with Gasteiger partial charge in [0.2, 0.25) is 0 Å². The second kappa shape index (κ2) is 8.41. The van der Waals surface area contributed by atoms with E-state index in [-0.39, 0.29) is 8.96 Å². The van der Waals surface area contributed by atoms with Gasteiger partial charge in [0.05, 0.1) is 15.1 Å². The van der Waals surface area contributed by atoms with Crippen LogP contribution in [0.15, 0.2) is 0 Å². The second-order valence-electron chi connectivity index (χ2n) is 4.69. The molecule has 1 saturated carbocycles. The molecule has 0 spiro atoms. The van der Waals surface area contributed by atoms with Crippen molar-refractivity contribution >= 4 is 8.96 Å². The van der Waals surface area contributed by atoms with Crippen LogP contribution in [0.2, 0.25) is 0 Å². The average Bonchev–Trinajstić information content (AvgIpc) is 2.33. The molecule has 16 heavy (non-hydrogen) atoms. The molecule has 0 amide bonds. The van der Waals surface area contributed by atoms with Crippen LogP contribution in [0.5, 0.6) is 0 Å². The molecule has 1 unspecified atom stereocenters. The van der Waals surface area contributed by atoms with E-state index in [1.807, 2.05) is 0 Å². The van der Waals surface area contributed by atoms with Crippen molar-refractivity contribution in [1.82, 2.24) is 4.90 Å². The maximum Gasteiger partial charge on any atom is 0.0837 e. The largest absolute Gasteiger partial charge is 0.344 e. The van der Waals surface area contributed by atoms with Crippen LogP contribution in [0.3, 0.4) is 0 Å². The highest BCUT2D eigenvalue weighted by Crippen LogP contribution is 2.30. The molecular formula is C12H27N2OP. The van der Waals surface area contributed by atoms with Gasteiger partial charge in [0.25, 0.3) is 0 Å². The number of hydrogen-bond acceptors (Lipinski definition) is 3. The number of nitrogens with zero attached hydrogens (tertiary/aromatic N) is 1. The van der Waals surface area contributed by atoms with E-state index < -0.39 is 0 Å². The average molecular weight is 246 g/mol. The van der Waals surface area contributed by atoms with Crippen molar-refractivity contribution in [3.05, 3.63) is 0 Å². The molecule has 96 valence electrons. The molecule has 2 N–H and O–H groups in total. The van der Waals surface area contributed by atoms with Crippen molar-refractivity contribution in [3.63, 3.8) is 0 Å². The van der Waals surface area contributed by atoms with Crippen molar-refractivity contribution in [1.29, 1.82) is 0 Å². The van der Waals surface area contributed by atoms with Gasteiger partial charge in [-0.15, -0.1) is 0 Å². The molecule has 4 heteroatoms. The summed E-state index contributed by atoms with van der Waals surface area (Å²) >= 11 is 0. The van der Waals surface area contributed by atoms with Crippen molar-refractivity contribution in [2.75, 3.05) is 19.6 Å². The monoisotopic (exact) mass is 246 g/mol. The Morgan fingerprint density at radius 2 is 1.81 bits per heavy atom. The summed E-state index contributed by atoms with van der Waals surface area (Å²) in [6, 6.07) is 0. The van der Waals surface area contributed by atoms with E-state index in [1.54, 1.807) is 0 Å². The van der Waals surface area contributed by atoms with E-state index in [4.69, 9.17) is 10.0 Å². The molecule has 1 aliphatic carbocycles. The lowest BCUT2D eigenvalue weighted by Gasteiger charge is -2.29. The molecule has 1 atom stereocenters. The normalized spacial score (nSPS) is 27.0. The lowest BCUT2D eigenvalue weighted by Crippen LogP contribution is -2.27. The van der Waals surface area contributed by atoms with Gasteiger partial charge in [-0.3, -0.25) is 5.50 Å². The van der Waals surface area contributed by atoms with Crippen molar-refractivity contribution in [2.45, 2.75) is 52.1 Å². The number of hydrogen-bond donors (Lipinski definition) is 1. The molecule has 0 bridgehead atoms. The lowest BCUT2D eigenvalue weighted by molar-refractivity contribution is 0.140. The van der Waals surface area contributed by atoms with E-state index in [0.717, 1.165) is 5.92 Å². The zero-order valence-electron chi connectivity index (χ0n) is 10.7. The molecule has 0 saturated heterocycles. The van der Waals surface area contributed by atoms with Crippen LogP contribution < -0.4 is 5.50 Å². The lowest BCUT2D eigenvalue weighted by atomic mass is 9.85. The zero-order valence-corrected chi connectivity index (χ0v) is 11.7. The maximum atomic E-state index is 5.49. The predicted octanol–water partition coefficient (Wildman–Crippen LogP) is 2.76. The van der Waals surface area contributed by atoms with Gasteiger partial charge in [-0.05, 0) is 57.7 Å². The van der Waals surface area contributed by atoms with Gasteiger partial charge in [-0.2, -0.15) is 0 Å². The van der Waals surface area contributed by atoms with Crippen LogP contribution in [0, 0.1) is 5.92 Å². The minimum Gasteiger partial charge on any atom is -0.344 e. The highest BCUT2D eigenvalue weighted by Gasteiger charge is 2.21. The Labute approximate surface area is 102 Å². The predicted molar refractivity (Wildman–Crippen MR) is 71.7 cm³/mol. The SMILES string of the molecule is CCN(CC)CCC1CCC(OPN)CC1. The number of nitrogens with two attached hydrogens (primary N) is 1. The van der Waals surface area contributed by atoms with Gasteiger partial charge in [0, 0.05) is 0 Å². The Hall–Kier alpha value is 0.310. The third-order valence-electron chi connectivity index (χ3n) is 3.78. The Bertz CT molecular complexity index is 168. The molecule has 1 fully saturated rings. The van der Waals surface area contributed by atoms with Gasteiger partial charge in [0.1, 0.15) is 0 Å². The van der Waals surface area contributed by atoms with Crippen LogP contribution in [-0.2, 0) is 4.52 Å². The van der Waals surface area contributed by atoms with Crippen molar-refractivity contribution in [3.8, 4) is 0 Å². The molecule has 3 nitrogen and oxygen atoms in total. The first kappa shape index (κ1) is 14.4. The standard InChI is InChI=1S/C12H27N2OP/c1-3-14(4-2)10-9-11-5-7-12(8-6-11)15-16-13/h11-12,16H,3-10,13H2,1-2H3. The summed E-state index contributed by atoms with van der Waals surface area (Å²) in [5.41, 5.74) is 5.43. The quantitative estimate of drug-likeness (QED) is 0.702. The molecule has 0 aromatic carbocycles. The second-order valence-corrected chi connectivity index (χ2v) is 5.17. The zero-order chi connectivity index (χ0) is 11.8. The molecule has 0 aromatic heterocycles. The van der Waals surface area contributed by atoms with Crippen LogP contribution >= 0.6 is 8.96 Å². The molecule has 0 heterocycles. The van der Waals surface area contributed by atoms with Gasteiger partial charge >= 0.3 is 0 Å². The highest BCUT2D eigenvalue weighted by molar-refractivity contribution is 7.29. The first-order valence-electron chi connectivity index (χ1n) is 6.63. The summed E-state index contributed by atoms with van der Waals surface area (Å²) in [5.74, 6) is 0.918. The van der Waals surface area contributed by atoms with Crippen LogP contribution in [0.4, 0.5) is 0 Å². The summed E-state index contributed by atoms with van der Waals surface area (Å²) in [4.78, 5) is 2.52. The smallest absolute Gasteiger partial charge is 0.0837 e. The summed E-state index contributed by atoms with van der Waals surface area (Å²) in [7, 11) is 0.169. The Morgan fingerprint density at radius 3 is 2.31 bits per heavy atom. The van der Waals surface area contributed by atoms with Crippen LogP contribution in [0.25, 0.3) is 0 Å². The van der Waals surface area contributed by atoms with Crippen LogP contribution in [0.1, 0.15) is 46.0 Å². The van der Waals surface area contributed by atoms with Gasteiger partial charge in [-0.25, -0.2) is 0 Å². The van der Waals surface area contributed by atoms with E-state index in [9.17, 15) is 0 Å². The minimum absolute atomic E-state index is 0.169. The minimum atomic E-state index is 0.169. The number of rotatable bonds is 7. The summed E-state index contributed by atoms with van der Waals surface area (Å²) in [6.07, 6.45) is 6.90. The third kappa shape index (κ3) is 5.09. The molecule has 0 radical (unpaired) electrons. The fraction of sp³-hybridized carbons (Fsp3) is 1.00. The maximum absolute atomic E-state index is 5.49. The topological polar surface area (TPSA) is 38.5 Å². The molecule has 0 aromatic rings. The van der Waals surface area contributed by atoms with E-state index in [2.05, 4.69) is 18.7 Å². The van der Waals surface area contributed by atoms with Crippen molar-refractivity contribution in [2.24, 2.45) is 11.4 Å². The Kier molecular flexibility index (Phi) is 7.55.